The van der Waals surface area contributed by atoms with Gasteiger partial charge in [-0.05, 0) is 98.3 Å². The van der Waals surface area contributed by atoms with Gasteiger partial charge in [0.05, 0.1) is 0 Å². The van der Waals surface area contributed by atoms with E-state index in [2.05, 4.69) is 17.6 Å². The summed E-state index contributed by atoms with van der Waals surface area (Å²) in [7, 11) is 0. The van der Waals surface area contributed by atoms with Crippen LogP contribution in [0.4, 0.5) is 10.5 Å². The zero-order chi connectivity index (χ0) is 34.8. The lowest BCUT2D eigenvalue weighted by Crippen LogP contribution is -2.53. The van der Waals surface area contributed by atoms with Gasteiger partial charge in [0.1, 0.15) is 23.4 Å². The van der Waals surface area contributed by atoms with Crippen LogP contribution in [0.2, 0.25) is 0 Å². The molecule has 48 heavy (non-hydrogen) atoms. The van der Waals surface area contributed by atoms with Crippen LogP contribution in [0, 0.1) is 13.8 Å². The number of unbranched alkanes of at least 4 members (excludes halogenated alkanes) is 3. The highest BCUT2D eigenvalue weighted by Gasteiger charge is 2.37. The third-order valence-corrected chi connectivity index (χ3v) is 8.29. The van der Waals surface area contributed by atoms with E-state index in [0.29, 0.717) is 18.7 Å². The van der Waals surface area contributed by atoms with E-state index in [1.54, 1.807) is 49.9 Å². The number of amides is 3. The first-order valence-electron chi connectivity index (χ1n) is 16.8. The van der Waals surface area contributed by atoms with Gasteiger partial charge in [0.2, 0.25) is 5.91 Å². The fraction of sp³-hybridized carbons (Fsp3) is 0.375. The van der Waals surface area contributed by atoms with Crippen molar-refractivity contribution in [1.82, 2.24) is 10.2 Å². The molecule has 8 nitrogen and oxygen atoms in total. The van der Waals surface area contributed by atoms with Gasteiger partial charge < -0.3 is 25.4 Å². The first-order chi connectivity index (χ1) is 22.9. The molecule has 3 N–H and O–H groups in total. The van der Waals surface area contributed by atoms with Gasteiger partial charge in [-0.25, -0.2) is 4.79 Å². The number of benzene rings is 4. The van der Waals surface area contributed by atoms with Gasteiger partial charge in [-0.2, -0.15) is 0 Å². The van der Waals surface area contributed by atoms with Crippen molar-refractivity contribution in [3.8, 4) is 5.75 Å². The lowest BCUT2D eigenvalue weighted by atomic mass is 9.92. The second-order valence-corrected chi connectivity index (χ2v) is 13.4. The summed E-state index contributed by atoms with van der Waals surface area (Å²) in [4.78, 5) is 44.2. The van der Waals surface area contributed by atoms with Crippen molar-refractivity contribution >= 4 is 34.4 Å². The Bertz CT molecular complexity index is 1690. The average Bonchev–Trinajstić information content (AvgIpc) is 3.03. The van der Waals surface area contributed by atoms with Crippen molar-refractivity contribution < 1.29 is 24.2 Å². The summed E-state index contributed by atoms with van der Waals surface area (Å²) >= 11 is 0. The summed E-state index contributed by atoms with van der Waals surface area (Å²) in [6, 6.07) is 24.0. The van der Waals surface area contributed by atoms with Crippen molar-refractivity contribution in [2.75, 3.05) is 11.9 Å². The summed E-state index contributed by atoms with van der Waals surface area (Å²) in [6.07, 6.45) is 2.98. The number of carbonyl (C=O) groups is 3. The number of carbonyl (C=O) groups excluding carboxylic acids is 3. The topological polar surface area (TPSA) is 108 Å². The van der Waals surface area contributed by atoms with E-state index in [0.717, 1.165) is 52.3 Å². The van der Waals surface area contributed by atoms with Gasteiger partial charge in [0.25, 0.3) is 5.91 Å². The van der Waals surface area contributed by atoms with Crippen LogP contribution in [0.3, 0.4) is 0 Å². The normalized spacial score (nSPS) is 12.6. The number of ether oxygens (including phenoxy) is 1. The quantitative estimate of drug-likeness (QED) is 0.126. The minimum Gasteiger partial charge on any atom is -0.508 e. The van der Waals surface area contributed by atoms with E-state index >= 15 is 0 Å². The molecule has 2 atom stereocenters. The Kier molecular flexibility index (Phi) is 12.2. The second-order valence-electron chi connectivity index (χ2n) is 13.4. The number of fused-ring (bicyclic) bond motifs is 1. The van der Waals surface area contributed by atoms with Crippen molar-refractivity contribution in [2.24, 2.45) is 0 Å². The molecule has 2 unspecified atom stereocenters. The Morgan fingerprint density at radius 2 is 1.50 bits per heavy atom. The highest BCUT2D eigenvalue weighted by molar-refractivity contribution is 6.00. The van der Waals surface area contributed by atoms with Crippen LogP contribution >= 0.6 is 0 Å². The first-order valence-corrected chi connectivity index (χ1v) is 16.8. The smallest absolute Gasteiger partial charge is 0.408 e. The van der Waals surface area contributed by atoms with Crippen LogP contribution < -0.4 is 10.6 Å². The zero-order valence-electron chi connectivity index (χ0n) is 29.0. The Morgan fingerprint density at radius 1 is 0.833 bits per heavy atom. The SMILES string of the molecule is CCCCCCN(C(=O)C(Cc1ccc(O)cc1)NC(=O)OC(C)(C)C)C(C(=O)Nc1ccc2ccccc2c1)c1c(C)cccc1C. The van der Waals surface area contributed by atoms with Crippen molar-refractivity contribution in [3.05, 3.63) is 107 Å². The van der Waals surface area contributed by atoms with Gasteiger partial charge in [0.15, 0.2) is 0 Å². The number of nitrogens with zero attached hydrogens (tertiary/aromatic N) is 1. The van der Waals surface area contributed by atoms with Crippen molar-refractivity contribution in [3.63, 3.8) is 0 Å². The van der Waals surface area contributed by atoms with Gasteiger partial charge in [0, 0.05) is 18.7 Å². The van der Waals surface area contributed by atoms with Crippen LogP contribution in [0.25, 0.3) is 10.8 Å². The minimum atomic E-state index is -1.05. The number of alkyl carbamates (subject to hydrolysis) is 1. The van der Waals surface area contributed by atoms with E-state index < -0.39 is 29.7 Å². The number of nitrogens with one attached hydrogen (secondary N) is 2. The molecule has 4 rings (SSSR count). The number of phenolic OH excluding ortho intramolecular Hbond substituents is 1. The molecule has 0 aliphatic rings. The van der Waals surface area contributed by atoms with Gasteiger partial charge in [-0.1, -0.05) is 86.8 Å². The first kappa shape index (κ1) is 36.0. The Balaban J connectivity index is 1.79. The molecule has 0 bridgehead atoms. The molecule has 4 aromatic rings. The summed E-state index contributed by atoms with van der Waals surface area (Å²) in [5, 5.41) is 17.9. The van der Waals surface area contributed by atoms with Gasteiger partial charge >= 0.3 is 6.09 Å². The molecule has 0 saturated carbocycles. The van der Waals surface area contributed by atoms with Crippen LogP contribution in [-0.4, -0.2) is 46.1 Å². The highest BCUT2D eigenvalue weighted by Crippen LogP contribution is 2.31. The largest absolute Gasteiger partial charge is 0.508 e. The molecule has 4 aromatic carbocycles. The number of hydrogen-bond donors (Lipinski definition) is 3. The van der Waals surface area contributed by atoms with E-state index in [-0.39, 0.29) is 18.1 Å². The molecule has 0 fully saturated rings. The monoisotopic (exact) mass is 651 g/mol. The van der Waals surface area contributed by atoms with Crippen molar-refractivity contribution in [1.29, 1.82) is 0 Å². The molecular weight excluding hydrogens is 602 g/mol. The highest BCUT2D eigenvalue weighted by atomic mass is 16.6. The van der Waals surface area contributed by atoms with Crippen LogP contribution in [0.15, 0.2) is 84.9 Å². The maximum atomic E-state index is 14.9. The molecule has 0 radical (unpaired) electrons. The minimum absolute atomic E-state index is 0.0970. The number of aryl methyl sites for hydroxylation is 2. The van der Waals surface area contributed by atoms with Gasteiger partial charge in [-0.15, -0.1) is 0 Å². The predicted octanol–water partition coefficient (Wildman–Crippen LogP) is 8.39. The Labute approximate surface area is 284 Å². The molecule has 0 saturated heterocycles. The zero-order valence-corrected chi connectivity index (χ0v) is 29.0. The lowest BCUT2D eigenvalue weighted by Gasteiger charge is -2.36. The summed E-state index contributed by atoms with van der Waals surface area (Å²) in [5.74, 6) is -0.640. The summed E-state index contributed by atoms with van der Waals surface area (Å²) in [5.41, 5.74) is 3.10. The Morgan fingerprint density at radius 3 is 2.15 bits per heavy atom. The van der Waals surface area contributed by atoms with E-state index in [4.69, 9.17) is 4.74 Å². The molecule has 254 valence electrons. The predicted molar refractivity (Wildman–Crippen MR) is 192 cm³/mol. The summed E-state index contributed by atoms with van der Waals surface area (Å²) in [6.45, 7) is 11.6. The molecule has 0 aliphatic carbocycles. The average molecular weight is 652 g/mol. The standard InChI is InChI=1S/C40H49N3O5/c1-7-8-9-12-24-43(38(46)34(42-39(47)48-40(4,5)6)25-29-18-22-33(44)23-19-29)36(35-27(2)14-13-15-28(35)3)37(45)41-32-21-20-30-16-10-11-17-31(30)26-32/h10-11,13-23,26,34,36,44H,7-9,12,24-25H2,1-6H3,(H,41,45)(H,42,47). The maximum absolute atomic E-state index is 14.9. The fourth-order valence-electron chi connectivity index (χ4n) is 5.96. The van der Waals surface area contributed by atoms with Gasteiger partial charge in [-0.3, -0.25) is 9.59 Å². The number of phenols is 1. The molecular formula is C40H49N3O5. The van der Waals surface area contributed by atoms with E-state index in [1.807, 2.05) is 74.5 Å². The Hall–Kier alpha value is -4.85. The molecule has 0 aliphatic heterocycles. The van der Waals surface area contributed by atoms with E-state index in [1.165, 1.54) is 0 Å². The molecule has 0 heterocycles. The third-order valence-electron chi connectivity index (χ3n) is 8.29. The van der Waals surface area contributed by atoms with Crippen LogP contribution in [0.5, 0.6) is 5.75 Å². The van der Waals surface area contributed by atoms with Crippen LogP contribution in [0.1, 0.15) is 81.7 Å². The van der Waals surface area contributed by atoms with E-state index in [9.17, 15) is 19.5 Å². The summed E-state index contributed by atoms with van der Waals surface area (Å²) < 4.78 is 5.57. The second kappa shape index (κ2) is 16.3. The number of aromatic hydroxyl groups is 1. The molecule has 0 spiro atoms. The fourth-order valence-corrected chi connectivity index (χ4v) is 5.96. The number of rotatable bonds is 13. The third kappa shape index (κ3) is 9.83. The maximum Gasteiger partial charge on any atom is 0.408 e. The number of hydrogen-bond acceptors (Lipinski definition) is 5. The van der Waals surface area contributed by atoms with Crippen LogP contribution in [-0.2, 0) is 20.7 Å². The molecule has 0 aromatic heterocycles. The molecule has 3 amide bonds. The lowest BCUT2D eigenvalue weighted by molar-refractivity contribution is -0.141. The van der Waals surface area contributed by atoms with Crippen molar-refractivity contribution in [2.45, 2.75) is 91.3 Å². The molecule has 8 heteroatoms. The number of anilines is 1.